The second-order valence-corrected chi connectivity index (χ2v) is 5.51. The van der Waals surface area contributed by atoms with Crippen LogP contribution in [0.15, 0.2) is 18.7 Å². The molecule has 4 N–H and O–H groups in total. The van der Waals surface area contributed by atoms with Gasteiger partial charge < -0.3 is 21.3 Å². The minimum absolute atomic E-state index is 0.253. The maximum atomic E-state index is 12.2. The zero-order chi connectivity index (χ0) is 14.7. The van der Waals surface area contributed by atoms with Gasteiger partial charge in [-0.2, -0.15) is 0 Å². The molecule has 2 aromatic heterocycles. The lowest BCUT2D eigenvalue weighted by Crippen LogP contribution is -2.43. The number of nitrogens with zero attached hydrogens (tertiary/aromatic N) is 4. The minimum atomic E-state index is -0.291. The van der Waals surface area contributed by atoms with Crippen molar-refractivity contribution in [1.29, 1.82) is 0 Å². The highest BCUT2D eigenvalue weighted by molar-refractivity contribution is 7.18. The number of amides is 1. The van der Waals surface area contributed by atoms with Crippen LogP contribution in [0.4, 0.5) is 16.6 Å². The van der Waals surface area contributed by atoms with Crippen LogP contribution in [0.5, 0.6) is 0 Å². The van der Waals surface area contributed by atoms with Gasteiger partial charge in [-0.3, -0.25) is 4.79 Å². The third kappa shape index (κ3) is 3.09. The number of aromatic nitrogens is 3. The zero-order valence-corrected chi connectivity index (χ0v) is 12.1. The summed E-state index contributed by atoms with van der Waals surface area (Å²) in [7, 11) is 0. The van der Waals surface area contributed by atoms with E-state index >= 15 is 0 Å². The van der Waals surface area contributed by atoms with E-state index in [1.807, 2.05) is 0 Å². The summed E-state index contributed by atoms with van der Waals surface area (Å²) in [4.78, 5) is 26.8. The number of carbonyl (C=O) groups is 1. The van der Waals surface area contributed by atoms with Crippen LogP contribution in [-0.4, -0.2) is 47.0 Å². The Morgan fingerprint density at radius 2 is 2.05 bits per heavy atom. The number of nitrogen functional groups attached to an aromatic ring is 1. The van der Waals surface area contributed by atoms with Crippen molar-refractivity contribution in [2.75, 3.05) is 42.1 Å². The first-order valence-electron chi connectivity index (χ1n) is 6.52. The smallest absolute Gasteiger partial charge is 0.269 e. The average Bonchev–Trinajstić information content (AvgIpc) is 2.91. The molecule has 1 aliphatic rings. The summed E-state index contributed by atoms with van der Waals surface area (Å²) in [5.74, 6) is -0.0379. The van der Waals surface area contributed by atoms with E-state index in [4.69, 9.17) is 5.73 Å². The van der Waals surface area contributed by atoms with Crippen LogP contribution in [0, 0.1) is 0 Å². The number of nitrogens with two attached hydrogens (primary N) is 1. The molecule has 0 unspecified atom stereocenters. The Morgan fingerprint density at radius 1 is 1.33 bits per heavy atom. The van der Waals surface area contributed by atoms with Gasteiger partial charge in [-0.25, -0.2) is 15.0 Å². The molecule has 0 spiro atoms. The topological polar surface area (TPSA) is 109 Å². The number of anilines is 3. The van der Waals surface area contributed by atoms with Gasteiger partial charge in [0.2, 0.25) is 0 Å². The van der Waals surface area contributed by atoms with Crippen molar-refractivity contribution in [1.82, 2.24) is 20.3 Å². The van der Waals surface area contributed by atoms with Crippen molar-refractivity contribution in [3.05, 3.63) is 23.6 Å². The summed E-state index contributed by atoms with van der Waals surface area (Å²) in [5.41, 5.74) is 6.39. The summed E-state index contributed by atoms with van der Waals surface area (Å²) in [6.45, 7) is 3.53. The van der Waals surface area contributed by atoms with Crippen molar-refractivity contribution in [3.63, 3.8) is 0 Å². The van der Waals surface area contributed by atoms with Crippen LogP contribution in [0.25, 0.3) is 0 Å². The van der Waals surface area contributed by atoms with Gasteiger partial charge in [-0.1, -0.05) is 11.3 Å². The fraction of sp³-hybridized carbons (Fsp3) is 0.333. The van der Waals surface area contributed by atoms with Gasteiger partial charge in [-0.05, 0) is 0 Å². The molecular formula is C12H15N7OS. The predicted octanol–water partition coefficient (Wildman–Crippen LogP) is 0.177. The molecular weight excluding hydrogens is 290 g/mol. The van der Waals surface area contributed by atoms with Crippen LogP contribution in [0.2, 0.25) is 0 Å². The summed E-state index contributed by atoms with van der Waals surface area (Å²) in [6, 6.07) is 0. The summed E-state index contributed by atoms with van der Waals surface area (Å²) >= 11 is 1.30. The molecule has 1 fully saturated rings. The Bertz CT molecular complexity index is 624. The van der Waals surface area contributed by atoms with E-state index in [9.17, 15) is 4.79 Å². The zero-order valence-electron chi connectivity index (χ0n) is 11.2. The molecule has 2 aromatic rings. The SMILES string of the molecule is Nc1nc(N2CCNCC2)sc1C(=O)Nc1cncnc1. The van der Waals surface area contributed by atoms with Crippen molar-refractivity contribution >= 4 is 33.9 Å². The molecule has 8 nitrogen and oxygen atoms in total. The Hall–Kier alpha value is -2.26. The molecule has 1 amide bonds. The number of piperazine rings is 1. The van der Waals surface area contributed by atoms with Crippen LogP contribution in [-0.2, 0) is 0 Å². The highest BCUT2D eigenvalue weighted by Crippen LogP contribution is 2.28. The molecule has 0 saturated carbocycles. The number of carbonyl (C=O) groups excluding carboxylic acids is 1. The molecule has 110 valence electrons. The number of hydrogen-bond acceptors (Lipinski definition) is 8. The third-order valence-electron chi connectivity index (χ3n) is 3.05. The molecule has 0 radical (unpaired) electrons. The molecule has 9 heteroatoms. The average molecular weight is 305 g/mol. The molecule has 0 bridgehead atoms. The van der Waals surface area contributed by atoms with Gasteiger partial charge in [0.25, 0.3) is 5.91 Å². The fourth-order valence-electron chi connectivity index (χ4n) is 2.03. The molecule has 3 heterocycles. The van der Waals surface area contributed by atoms with Crippen molar-refractivity contribution in [2.24, 2.45) is 0 Å². The van der Waals surface area contributed by atoms with Gasteiger partial charge >= 0.3 is 0 Å². The lowest BCUT2D eigenvalue weighted by Gasteiger charge is -2.26. The predicted molar refractivity (Wildman–Crippen MR) is 81.6 cm³/mol. The van der Waals surface area contributed by atoms with E-state index in [-0.39, 0.29) is 11.7 Å². The highest BCUT2D eigenvalue weighted by atomic mass is 32.1. The molecule has 0 aliphatic carbocycles. The molecule has 3 rings (SSSR count). The Balaban J connectivity index is 1.75. The first-order valence-corrected chi connectivity index (χ1v) is 7.34. The van der Waals surface area contributed by atoms with Crippen molar-refractivity contribution in [2.45, 2.75) is 0 Å². The van der Waals surface area contributed by atoms with Crippen molar-refractivity contribution < 1.29 is 4.79 Å². The lowest BCUT2D eigenvalue weighted by molar-refractivity contribution is 0.103. The molecule has 21 heavy (non-hydrogen) atoms. The summed E-state index contributed by atoms with van der Waals surface area (Å²) in [5, 5.41) is 6.76. The van der Waals surface area contributed by atoms with Gasteiger partial charge in [0.1, 0.15) is 17.0 Å². The molecule has 1 saturated heterocycles. The van der Waals surface area contributed by atoms with Crippen LogP contribution in [0.3, 0.4) is 0 Å². The fourth-order valence-corrected chi connectivity index (χ4v) is 2.96. The molecule has 0 aromatic carbocycles. The second kappa shape index (κ2) is 6.02. The number of nitrogens with one attached hydrogen (secondary N) is 2. The maximum absolute atomic E-state index is 12.2. The first-order chi connectivity index (χ1) is 10.2. The third-order valence-corrected chi connectivity index (χ3v) is 4.18. The largest absolute Gasteiger partial charge is 0.382 e. The van der Waals surface area contributed by atoms with Crippen LogP contribution in [0.1, 0.15) is 9.67 Å². The van der Waals surface area contributed by atoms with Gasteiger partial charge in [-0.15, -0.1) is 0 Å². The van der Waals surface area contributed by atoms with Gasteiger partial charge in [0.15, 0.2) is 5.13 Å². The number of rotatable bonds is 3. The standard InChI is InChI=1S/C12H15N7OS/c13-10-9(11(20)17-8-5-15-7-16-6-8)21-12(18-10)19-3-1-14-2-4-19/h5-7,14H,1-4,13H2,(H,17,20). The van der Waals surface area contributed by atoms with Crippen molar-refractivity contribution in [3.8, 4) is 0 Å². The number of thiazole rings is 1. The first kappa shape index (κ1) is 13.7. The monoisotopic (exact) mass is 305 g/mol. The highest BCUT2D eigenvalue weighted by Gasteiger charge is 2.20. The molecule has 0 atom stereocenters. The van der Waals surface area contributed by atoms with Crippen LogP contribution < -0.4 is 21.3 Å². The summed E-state index contributed by atoms with van der Waals surface area (Å²) < 4.78 is 0. The molecule has 1 aliphatic heterocycles. The van der Waals surface area contributed by atoms with E-state index in [2.05, 4.69) is 30.5 Å². The quantitative estimate of drug-likeness (QED) is 0.742. The summed E-state index contributed by atoms with van der Waals surface area (Å²) in [6.07, 6.45) is 4.46. The van der Waals surface area contributed by atoms with E-state index in [0.29, 0.717) is 10.6 Å². The van der Waals surface area contributed by atoms with Gasteiger partial charge in [0, 0.05) is 26.2 Å². The van der Waals surface area contributed by atoms with Crippen LogP contribution >= 0.6 is 11.3 Å². The second-order valence-electron chi connectivity index (χ2n) is 4.53. The van der Waals surface area contributed by atoms with E-state index < -0.39 is 0 Å². The normalized spacial score (nSPS) is 15.0. The Kier molecular flexibility index (Phi) is 3.93. The minimum Gasteiger partial charge on any atom is -0.382 e. The van der Waals surface area contributed by atoms with E-state index in [1.54, 1.807) is 0 Å². The van der Waals surface area contributed by atoms with Gasteiger partial charge in [0.05, 0.1) is 18.1 Å². The van der Waals surface area contributed by atoms with E-state index in [1.165, 1.54) is 30.1 Å². The number of hydrogen-bond donors (Lipinski definition) is 3. The Labute approximate surface area is 125 Å². The lowest BCUT2D eigenvalue weighted by atomic mass is 10.4. The Morgan fingerprint density at radius 3 is 2.76 bits per heavy atom. The maximum Gasteiger partial charge on any atom is 0.269 e. The van der Waals surface area contributed by atoms with E-state index in [0.717, 1.165) is 31.3 Å².